The molecule has 1 amide bonds. The Morgan fingerprint density at radius 2 is 2.14 bits per heavy atom. The number of aromatic hydroxyl groups is 2. The van der Waals surface area contributed by atoms with Crippen LogP contribution in [0.3, 0.4) is 0 Å². The molecule has 1 rings (SSSR count). The summed E-state index contributed by atoms with van der Waals surface area (Å²) in [5, 5.41) is 21.6. The number of phenolic OH excluding ortho intramolecular Hbond substituents is 2. The minimum Gasteiger partial charge on any atom is -0.508 e. The van der Waals surface area contributed by atoms with E-state index in [0.717, 1.165) is 0 Å². The Labute approximate surface area is 89.7 Å². The number of alkyl halides is 1. The van der Waals surface area contributed by atoms with Crippen LogP contribution in [-0.2, 0) is 0 Å². The maximum absolute atomic E-state index is 11.4. The van der Waals surface area contributed by atoms with Crippen LogP contribution in [0.4, 0.5) is 0 Å². The van der Waals surface area contributed by atoms with Crippen LogP contribution in [0.25, 0.3) is 0 Å². The van der Waals surface area contributed by atoms with E-state index < -0.39 is 5.91 Å². The highest BCUT2D eigenvalue weighted by atomic mass is 79.9. The van der Waals surface area contributed by atoms with Gasteiger partial charge in [0.15, 0.2) is 0 Å². The van der Waals surface area contributed by atoms with Crippen LogP contribution >= 0.6 is 15.9 Å². The Morgan fingerprint density at radius 1 is 1.43 bits per heavy atom. The fraction of sp³-hybridized carbons (Fsp3) is 0.222. The Hall–Kier alpha value is -1.23. The second-order valence-corrected chi connectivity index (χ2v) is 3.44. The highest BCUT2D eigenvalue weighted by molar-refractivity contribution is 9.09. The summed E-state index contributed by atoms with van der Waals surface area (Å²) in [5.41, 5.74) is 0.0750. The molecule has 76 valence electrons. The molecule has 0 radical (unpaired) electrons. The Balaban J connectivity index is 2.83. The first kappa shape index (κ1) is 10.8. The molecule has 0 fully saturated rings. The Bertz CT molecular complexity index is 341. The smallest absolute Gasteiger partial charge is 0.255 e. The number of halogens is 1. The predicted octanol–water partition coefficient (Wildman–Crippen LogP) is 1.22. The lowest BCUT2D eigenvalue weighted by atomic mass is 10.2. The Morgan fingerprint density at radius 3 is 2.79 bits per heavy atom. The van der Waals surface area contributed by atoms with Crippen molar-refractivity contribution >= 4 is 21.8 Å². The van der Waals surface area contributed by atoms with E-state index in [1.807, 2.05) is 0 Å². The minimum absolute atomic E-state index is 0.0493. The van der Waals surface area contributed by atoms with Gasteiger partial charge < -0.3 is 15.5 Å². The number of benzene rings is 1. The molecule has 0 atom stereocenters. The van der Waals surface area contributed by atoms with E-state index in [9.17, 15) is 9.90 Å². The molecule has 1 aromatic carbocycles. The summed E-state index contributed by atoms with van der Waals surface area (Å²) in [6.45, 7) is 0.466. The number of carbonyl (C=O) groups is 1. The lowest BCUT2D eigenvalue weighted by molar-refractivity contribution is 0.0953. The standard InChI is InChI=1S/C9H10BrNO3/c10-3-4-11-9(14)7-5-6(12)1-2-8(7)13/h1-2,5,12-13H,3-4H2,(H,11,14). The van der Waals surface area contributed by atoms with E-state index >= 15 is 0 Å². The molecule has 0 saturated heterocycles. The number of carbonyl (C=O) groups excluding carboxylic acids is 1. The third-order valence-corrected chi connectivity index (χ3v) is 2.00. The van der Waals surface area contributed by atoms with Crippen molar-refractivity contribution in [1.29, 1.82) is 0 Å². The molecular formula is C9H10BrNO3. The Kier molecular flexibility index (Phi) is 3.76. The molecule has 4 nitrogen and oxygen atoms in total. The highest BCUT2D eigenvalue weighted by Crippen LogP contribution is 2.21. The zero-order valence-electron chi connectivity index (χ0n) is 7.33. The summed E-state index contributed by atoms with van der Waals surface area (Å²) in [5.74, 6) is -0.598. The molecule has 0 saturated carbocycles. The minimum atomic E-state index is -0.405. The van der Waals surface area contributed by atoms with Gasteiger partial charge in [-0.05, 0) is 18.2 Å². The van der Waals surface area contributed by atoms with Gasteiger partial charge in [0, 0.05) is 11.9 Å². The van der Waals surface area contributed by atoms with Crippen LogP contribution in [0, 0.1) is 0 Å². The van der Waals surface area contributed by atoms with Crippen molar-refractivity contribution in [2.75, 3.05) is 11.9 Å². The van der Waals surface area contributed by atoms with E-state index in [2.05, 4.69) is 21.2 Å². The van der Waals surface area contributed by atoms with Gasteiger partial charge in [-0.15, -0.1) is 0 Å². The molecule has 0 heterocycles. The van der Waals surface area contributed by atoms with Gasteiger partial charge in [-0.25, -0.2) is 0 Å². The third kappa shape index (κ3) is 2.63. The van der Waals surface area contributed by atoms with Gasteiger partial charge in [0.25, 0.3) is 5.91 Å². The van der Waals surface area contributed by atoms with Crippen molar-refractivity contribution in [2.45, 2.75) is 0 Å². The SMILES string of the molecule is O=C(NCCBr)c1cc(O)ccc1O. The number of hydrogen-bond donors (Lipinski definition) is 3. The van der Waals surface area contributed by atoms with Crippen LogP contribution < -0.4 is 5.32 Å². The largest absolute Gasteiger partial charge is 0.508 e. The van der Waals surface area contributed by atoms with Gasteiger partial charge >= 0.3 is 0 Å². The number of hydrogen-bond acceptors (Lipinski definition) is 3. The van der Waals surface area contributed by atoms with E-state index in [0.29, 0.717) is 11.9 Å². The zero-order chi connectivity index (χ0) is 10.6. The third-order valence-electron chi connectivity index (χ3n) is 1.60. The summed E-state index contributed by atoms with van der Waals surface area (Å²) in [4.78, 5) is 11.4. The van der Waals surface area contributed by atoms with Crippen LogP contribution in [0.5, 0.6) is 11.5 Å². The van der Waals surface area contributed by atoms with Crippen LogP contribution in [0.2, 0.25) is 0 Å². The van der Waals surface area contributed by atoms with Gasteiger partial charge in [0.1, 0.15) is 11.5 Å². The van der Waals surface area contributed by atoms with Crippen LogP contribution in [0.15, 0.2) is 18.2 Å². The van der Waals surface area contributed by atoms with Gasteiger partial charge in [-0.3, -0.25) is 4.79 Å². The fourth-order valence-electron chi connectivity index (χ4n) is 0.962. The fourth-order valence-corrected chi connectivity index (χ4v) is 1.16. The van der Waals surface area contributed by atoms with Crippen molar-refractivity contribution in [3.8, 4) is 11.5 Å². The topological polar surface area (TPSA) is 69.6 Å². The first-order chi connectivity index (χ1) is 6.65. The number of rotatable bonds is 3. The molecule has 3 N–H and O–H groups in total. The van der Waals surface area contributed by atoms with Crippen molar-refractivity contribution in [1.82, 2.24) is 5.32 Å². The lowest BCUT2D eigenvalue weighted by Gasteiger charge is -2.05. The average molecular weight is 260 g/mol. The van der Waals surface area contributed by atoms with Crippen molar-refractivity contribution in [2.24, 2.45) is 0 Å². The molecule has 14 heavy (non-hydrogen) atoms. The molecule has 1 aromatic rings. The molecule has 0 spiro atoms. The molecule has 5 heteroatoms. The zero-order valence-corrected chi connectivity index (χ0v) is 8.91. The molecule has 0 bridgehead atoms. The molecule has 0 aromatic heterocycles. The maximum atomic E-state index is 11.4. The first-order valence-electron chi connectivity index (χ1n) is 4.01. The average Bonchev–Trinajstić information content (AvgIpc) is 2.18. The quantitative estimate of drug-likeness (QED) is 0.565. The molecule has 0 aliphatic rings. The van der Waals surface area contributed by atoms with Gasteiger partial charge in [-0.1, -0.05) is 15.9 Å². The summed E-state index contributed by atoms with van der Waals surface area (Å²) >= 11 is 3.16. The highest BCUT2D eigenvalue weighted by Gasteiger charge is 2.10. The normalized spacial score (nSPS) is 9.79. The van der Waals surface area contributed by atoms with E-state index in [1.165, 1.54) is 18.2 Å². The second kappa shape index (κ2) is 4.85. The van der Waals surface area contributed by atoms with Gasteiger partial charge in [0.2, 0.25) is 0 Å². The maximum Gasteiger partial charge on any atom is 0.255 e. The molecule has 0 unspecified atom stereocenters. The van der Waals surface area contributed by atoms with E-state index in [1.54, 1.807) is 0 Å². The van der Waals surface area contributed by atoms with Crippen LogP contribution in [-0.4, -0.2) is 28.0 Å². The number of amides is 1. The van der Waals surface area contributed by atoms with Gasteiger partial charge in [-0.2, -0.15) is 0 Å². The second-order valence-electron chi connectivity index (χ2n) is 2.65. The molecule has 0 aliphatic carbocycles. The summed E-state index contributed by atoms with van der Waals surface area (Å²) in [6.07, 6.45) is 0. The van der Waals surface area contributed by atoms with Crippen molar-refractivity contribution in [3.63, 3.8) is 0 Å². The van der Waals surface area contributed by atoms with E-state index in [4.69, 9.17) is 5.11 Å². The van der Waals surface area contributed by atoms with Gasteiger partial charge in [0.05, 0.1) is 5.56 Å². The summed E-state index contributed by atoms with van der Waals surface area (Å²) in [6, 6.07) is 3.81. The van der Waals surface area contributed by atoms with Crippen molar-refractivity contribution < 1.29 is 15.0 Å². The number of phenols is 2. The van der Waals surface area contributed by atoms with Crippen molar-refractivity contribution in [3.05, 3.63) is 23.8 Å². The monoisotopic (exact) mass is 259 g/mol. The van der Waals surface area contributed by atoms with E-state index in [-0.39, 0.29) is 17.1 Å². The molecule has 0 aliphatic heterocycles. The predicted molar refractivity (Wildman–Crippen MR) is 55.9 cm³/mol. The number of nitrogens with one attached hydrogen (secondary N) is 1. The first-order valence-corrected chi connectivity index (χ1v) is 5.13. The van der Waals surface area contributed by atoms with Crippen LogP contribution in [0.1, 0.15) is 10.4 Å². The molecular weight excluding hydrogens is 250 g/mol. The lowest BCUT2D eigenvalue weighted by Crippen LogP contribution is -2.25. The summed E-state index contributed by atoms with van der Waals surface area (Å²) < 4.78 is 0. The summed E-state index contributed by atoms with van der Waals surface area (Å²) in [7, 11) is 0.